The summed E-state index contributed by atoms with van der Waals surface area (Å²) in [6.45, 7) is 1.66. The van der Waals surface area contributed by atoms with Crippen LogP contribution < -0.4 is 5.32 Å². The Labute approximate surface area is 247 Å². The van der Waals surface area contributed by atoms with Crippen molar-refractivity contribution < 1.29 is 59.4 Å². The quantitative estimate of drug-likeness (QED) is 0.125. The predicted molar refractivity (Wildman–Crippen MR) is 148 cm³/mol. The molecule has 4 atom stereocenters. The first-order valence-corrected chi connectivity index (χ1v) is 13.8. The fraction of sp³-hybridized carbons (Fsp3) is 0.630. The SMILES string of the molecule is CC12C=CC=C(CN(C(CCC(=O)O)C(=O)O)CCN(C(CCC(=O)O)C(=O)O)CCN(C(CCC(=O)O)C(=O)O)C1)N2. The van der Waals surface area contributed by atoms with Crippen LogP contribution in [-0.2, 0) is 28.8 Å². The van der Waals surface area contributed by atoms with Crippen LogP contribution in [0, 0.1) is 0 Å². The van der Waals surface area contributed by atoms with Crippen LogP contribution in [0.15, 0.2) is 23.9 Å². The maximum absolute atomic E-state index is 12.3. The van der Waals surface area contributed by atoms with Crippen LogP contribution in [0.1, 0.15) is 45.4 Å². The molecule has 7 N–H and O–H groups in total. The first kappa shape index (κ1) is 35.2. The van der Waals surface area contributed by atoms with Crippen molar-refractivity contribution in [1.82, 2.24) is 20.0 Å². The molecule has 16 nitrogen and oxygen atoms in total. The Bertz CT molecular complexity index is 1130. The van der Waals surface area contributed by atoms with Gasteiger partial charge in [-0.3, -0.25) is 43.5 Å². The molecule has 240 valence electrons. The predicted octanol–water partition coefficient (Wildman–Crippen LogP) is -0.338. The number of rotatable bonds is 15. The first-order valence-electron chi connectivity index (χ1n) is 13.8. The van der Waals surface area contributed by atoms with Crippen molar-refractivity contribution in [3.8, 4) is 0 Å². The molecule has 16 heteroatoms. The van der Waals surface area contributed by atoms with E-state index in [0.29, 0.717) is 5.70 Å². The van der Waals surface area contributed by atoms with E-state index in [1.165, 1.54) is 9.80 Å². The maximum Gasteiger partial charge on any atom is 0.320 e. The van der Waals surface area contributed by atoms with Crippen molar-refractivity contribution in [2.24, 2.45) is 0 Å². The molecule has 4 unspecified atom stereocenters. The zero-order valence-corrected chi connectivity index (χ0v) is 23.9. The molecule has 1 fully saturated rings. The Morgan fingerprint density at radius 2 is 1.09 bits per heavy atom. The van der Waals surface area contributed by atoms with Gasteiger partial charge in [-0.15, -0.1) is 0 Å². The molecular formula is C27H40N4O12. The van der Waals surface area contributed by atoms with Crippen LogP contribution in [0.3, 0.4) is 0 Å². The standard InChI is InChI=1S/C27H40N4O12/c1-27-10-2-3-17(28-27)15-30(19(25(40)41)5-8-22(34)35)13-11-29(18(24(38)39)4-7-21(32)33)12-14-31(16-27)20(26(42)43)6-9-23(36)37/h2-3,10,18-20,28H,4-9,11-16H2,1H3,(H,32,33)(H,34,35)(H,36,37)(H,38,39)(H,40,41)(H,42,43). The summed E-state index contributed by atoms with van der Waals surface area (Å²) >= 11 is 0. The zero-order valence-electron chi connectivity index (χ0n) is 23.9. The normalized spacial score (nSPS) is 22.5. The number of carboxylic acid groups (broad SMARTS) is 6. The second kappa shape index (κ2) is 16.0. The molecule has 0 saturated carbocycles. The summed E-state index contributed by atoms with van der Waals surface area (Å²) in [5.74, 6) is -7.40. The molecule has 2 aliphatic heterocycles. The molecule has 0 aromatic heterocycles. The topological polar surface area (TPSA) is 246 Å². The van der Waals surface area contributed by atoms with Crippen LogP contribution in [0.4, 0.5) is 0 Å². The molecule has 0 aromatic carbocycles. The van der Waals surface area contributed by atoms with Gasteiger partial charge < -0.3 is 36.0 Å². The van der Waals surface area contributed by atoms with Crippen molar-refractivity contribution >= 4 is 35.8 Å². The lowest BCUT2D eigenvalue weighted by atomic mass is 9.95. The number of allylic oxidation sites excluding steroid dienone is 2. The number of nitrogens with one attached hydrogen (secondary N) is 1. The lowest BCUT2D eigenvalue weighted by molar-refractivity contribution is -0.148. The lowest BCUT2D eigenvalue weighted by Crippen LogP contribution is -2.59. The molecule has 2 heterocycles. The summed E-state index contributed by atoms with van der Waals surface area (Å²) in [4.78, 5) is 75.2. The number of carbonyl (C=O) groups is 6. The smallest absolute Gasteiger partial charge is 0.320 e. The van der Waals surface area contributed by atoms with E-state index in [4.69, 9.17) is 0 Å². The van der Waals surface area contributed by atoms with Crippen molar-refractivity contribution in [2.75, 3.05) is 39.3 Å². The highest BCUT2D eigenvalue weighted by Gasteiger charge is 2.37. The van der Waals surface area contributed by atoms with Gasteiger partial charge in [-0.1, -0.05) is 12.2 Å². The number of aliphatic carboxylic acids is 6. The average molecular weight is 613 g/mol. The van der Waals surface area contributed by atoms with Gasteiger partial charge in [-0.2, -0.15) is 0 Å². The summed E-state index contributed by atoms with van der Waals surface area (Å²) in [5, 5.41) is 60.9. The molecular weight excluding hydrogens is 572 g/mol. The van der Waals surface area contributed by atoms with Crippen LogP contribution in [0.5, 0.6) is 0 Å². The van der Waals surface area contributed by atoms with E-state index in [1.807, 2.05) is 0 Å². The first-order chi connectivity index (χ1) is 20.1. The van der Waals surface area contributed by atoms with E-state index >= 15 is 0 Å². The molecule has 1 saturated heterocycles. The van der Waals surface area contributed by atoms with Crippen molar-refractivity contribution in [3.05, 3.63) is 23.9 Å². The van der Waals surface area contributed by atoms with Crippen LogP contribution in [0.2, 0.25) is 0 Å². The minimum atomic E-state index is -1.32. The molecule has 0 spiro atoms. The fourth-order valence-electron chi connectivity index (χ4n) is 5.45. The average Bonchev–Trinajstić information content (AvgIpc) is 2.87. The van der Waals surface area contributed by atoms with Gasteiger partial charge in [0.1, 0.15) is 18.1 Å². The molecule has 2 bridgehead atoms. The van der Waals surface area contributed by atoms with Crippen LogP contribution in [-0.4, -0.2) is 144 Å². The van der Waals surface area contributed by atoms with E-state index in [2.05, 4.69) is 5.32 Å². The third-order valence-electron chi connectivity index (χ3n) is 7.53. The van der Waals surface area contributed by atoms with Gasteiger partial charge in [0.25, 0.3) is 0 Å². The number of dihydropyridines is 1. The summed E-state index contributed by atoms with van der Waals surface area (Å²) in [5.41, 5.74) is -0.344. The highest BCUT2D eigenvalue weighted by atomic mass is 16.4. The summed E-state index contributed by atoms with van der Waals surface area (Å²) in [6, 6.07) is -3.76. The van der Waals surface area contributed by atoms with E-state index in [0.717, 1.165) is 0 Å². The zero-order chi connectivity index (χ0) is 32.3. The molecule has 0 amide bonds. The number of fused-ring (bicyclic) bond motifs is 2. The van der Waals surface area contributed by atoms with Crippen molar-refractivity contribution in [1.29, 1.82) is 0 Å². The molecule has 0 aliphatic carbocycles. The fourth-order valence-corrected chi connectivity index (χ4v) is 5.45. The van der Waals surface area contributed by atoms with Gasteiger partial charge in [0.15, 0.2) is 0 Å². The monoisotopic (exact) mass is 612 g/mol. The van der Waals surface area contributed by atoms with E-state index < -0.39 is 78.7 Å². The molecule has 0 radical (unpaired) electrons. The molecule has 43 heavy (non-hydrogen) atoms. The second-order valence-electron chi connectivity index (χ2n) is 10.9. The Balaban J connectivity index is 2.55. The number of hydrogen-bond acceptors (Lipinski definition) is 10. The number of nitrogens with zero attached hydrogens (tertiary/aromatic N) is 3. The summed E-state index contributed by atoms with van der Waals surface area (Å²) in [6.07, 6.45) is 3.20. The van der Waals surface area contributed by atoms with Crippen LogP contribution >= 0.6 is 0 Å². The Morgan fingerprint density at radius 3 is 1.53 bits per heavy atom. The molecule has 2 rings (SSSR count). The van der Waals surface area contributed by atoms with Crippen molar-refractivity contribution in [2.45, 2.75) is 69.1 Å². The number of hydrogen-bond donors (Lipinski definition) is 7. The number of carboxylic acids is 6. The highest BCUT2D eigenvalue weighted by molar-refractivity contribution is 5.76. The van der Waals surface area contributed by atoms with E-state index in [1.54, 1.807) is 30.1 Å². The summed E-state index contributed by atoms with van der Waals surface area (Å²) in [7, 11) is 0. The second-order valence-corrected chi connectivity index (χ2v) is 10.9. The largest absolute Gasteiger partial charge is 0.481 e. The van der Waals surface area contributed by atoms with Gasteiger partial charge in [-0.25, -0.2) is 0 Å². The Hall–Kier alpha value is -4.02. The third-order valence-corrected chi connectivity index (χ3v) is 7.53. The minimum Gasteiger partial charge on any atom is -0.481 e. The Morgan fingerprint density at radius 1 is 0.698 bits per heavy atom. The van der Waals surface area contributed by atoms with Gasteiger partial charge in [0.2, 0.25) is 0 Å². The van der Waals surface area contributed by atoms with Gasteiger partial charge in [-0.05, 0) is 32.3 Å². The van der Waals surface area contributed by atoms with Gasteiger partial charge in [0, 0.05) is 64.2 Å². The highest BCUT2D eigenvalue weighted by Crippen LogP contribution is 2.22. The van der Waals surface area contributed by atoms with E-state index in [9.17, 15) is 59.4 Å². The summed E-state index contributed by atoms with van der Waals surface area (Å²) < 4.78 is 0. The molecule has 0 aromatic rings. The lowest BCUT2D eigenvalue weighted by Gasteiger charge is -2.43. The maximum atomic E-state index is 12.3. The third kappa shape index (κ3) is 11.3. The minimum absolute atomic E-state index is 0.0125. The van der Waals surface area contributed by atoms with Crippen molar-refractivity contribution in [3.63, 3.8) is 0 Å². The Kier molecular flexibility index (Phi) is 13.1. The molecule has 2 aliphatic rings. The van der Waals surface area contributed by atoms with Gasteiger partial charge in [0.05, 0.1) is 5.54 Å². The van der Waals surface area contributed by atoms with Crippen LogP contribution in [0.25, 0.3) is 0 Å². The van der Waals surface area contributed by atoms with E-state index in [-0.39, 0.29) is 58.5 Å². The van der Waals surface area contributed by atoms with Gasteiger partial charge >= 0.3 is 35.8 Å².